The lowest BCUT2D eigenvalue weighted by molar-refractivity contribution is -0.139. The number of nitrogens with zero attached hydrogens (tertiary/aromatic N) is 3. The van der Waals surface area contributed by atoms with Crippen LogP contribution >= 0.6 is 0 Å². The molecule has 2 heterocycles. The zero-order valence-corrected chi connectivity index (χ0v) is 19.2. The molecule has 7 heteroatoms. The molecule has 1 atom stereocenters. The molecule has 2 fully saturated rings. The first-order valence-corrected chi connectivity index (χ1v) is 11.7. The molecule has 1 saturated heterocycles. The van der Waals surface area contributed by atoms with Crippen molar-refractivity contribution in [3.63, 3.8) is 0 Å². The Balaban J connectivity index is 1.39. The van der Waals surface area contributed by atoms with Gasteiger partial charge in [0.1, 0.15) is 12.4 Å². The quantitative estimate of drug-likeness (QED) is 0.610. The lowest BCUT2D eigenvalue weighted by Crippen LogP contribution is -2.44. The van der Waals surface area contributed by atoms with Crippen molar-refractivity contribution in [2.45, 2.75) is 50.9 Å². The molecule has 0 radical (unpaired) electrons. The number of amides is 1. The van der Waals surface area contributed by atoms with E-state index in [0.29, 0.717) is 32.0 Å². The molecule has 0 spiro atoms. The number of ether oxygens (including phenoxy) is 1. The van der Waals surface area contributed by atoms with Crippen LogP contribution in [0.25, 0.3) is 0 Å². The van der Waals surface area contributed by atoms with Crippen molar-refractivity contribution in [2.24, 2.45) is 5.41 Å². The summed E-state index contributed by atoms with van der Waals surface area (Å²) >= 11 is 0. The van der Waals surface area contributed by atoms with Gasteiger partial charge in [-0.25, -0.2) is 4.39 Å². The monoisotopic (exact) mass is 443 g/mol. The highest BCUT2D eigenvalue weighted by Gasteiger charge is 2.46. The summed E-state index contributed by atoms with van der Waals surface area (Å²) in [7, 11) is 3.61. The first-order valence-electron chi connectivity index (χ1n) is 11.7. The number of hydrogen-bond donors (Lipinski definition) is 0. The van der Waals surface area contributed by atoms with Crippen molar-refractivity contribution in [1.82, 2.24) is 15.0 Å². The fraction of sp³-hybridized carbons (Fsp3) is 0.600. The molecule has 6 nitrogen and oxygen atoms in total. The summed E-state index contributed by atoms with van der Waals surface area (Å²) in [5.74, 6) is 1.30. The fourth-order valence-electron chi connectivity index (χ4n) is 5.20. The summed E-state index contributed by atoms with van der Waals surface area (Å²) in [6, 6.07) is 8.50. The maximum Gasteiger partial charge on any atom is 0.230 e. The second-order valence-corrected chi connectivity index (χ2v) is 9.51. The van der Waals surface area contributed by atoms with E-state index in [2.05, 4.69) is 16.1 Å². The molecule has 4 rings (SSSR count). The van der Waals surface area contributed by atoms with E-state index in [1.54, 1.807) is 23.1 Å². The third kappa shape index (κ3) is 5.14. The molecular weight excluding hydrogens is 409 g/mol. The normalized spacial score (nSPS) is 22.2. The Morgan fingerprint density at radius 3 is 2.81 bits per heavy atom. The van der Waals surface area contributed by atoms with E-state index in [-0.39, 0.29) is 17.5 Å². The van der Waals surface area contributed by atoms with Crippen LogP contribution in [0.5, 0.6) is 5.75 Å². The van der Waals surface area contributed by atoms with Crippen molar-refractivity contribution >= 4 is 5.91 Å². The van der Waals surface area contributed by atoms with E-state index >= 15 is 0 Å². The smallest absolute Gasteiger partial charge is 0.230 e. The highest BCUT2D eigenvalue weighted by Crippen LogP contribution is 2.38. The SMILES string of the molecule is CN(C)C(=O)C1(Cc2cc(C3CCCCC3)no2)CCN(CCOc2ccccc2F)C1. The van der Waals surface area contributed by atoms with E-state index in [0.717, 1.165) is 24.4 Å². The van der Waals surface area contributed by atoms with Gasteiger partial charge in [0.25, 0.3) is 0 Å². The number of benzene rings is 1. The van der Waals surface area contributed by atoms with Gasteiger partial charge in [-0.2, -0.15) is 0 Å². The van der Waals surface area contributed by atoms with E-state index < -0.39 is 5.41 Å². The summed E-state index contributed by atoms with van der Waals surface area (Å²) in [6.45, 7) is 2.44. The van der Waals surface area contributed by atoms with Gasteiger partial charge < -0.3 is 14.2 Å². The molecule has 1 amide bonds. The van der Waals surface area contributed by atoms with Gasteiger partial charge in [0.05, 0.1) is 11.1 Å². The van der Waals surface area contributed by atoms with Crippen LogP contribution < -0.4 is 4.74 Å². The third-order valence-electron chi connectivity index (χ3n) is 6.91. The van der Waals surface area contributed by atoms with Gasteiger partial charge in [-0.15, -0.1) is 0 Å². The number of rotatable bonds is 8. The molecule has 2 aromatic rings. The Labute approximate surface area is 189 Å². The van der Waals surface area contributed by atoms with Crippen LogP contribution in [0, 0.1) is 11.2 Å². The summed E-state index contributed by atoms with van der Waals surface area (Å²) in [5, 5.41) is 4.36. The Morgan fingerprint density at radius 2 is 2.06 bits per heavy atom. The predicted molar refractivity (Wildman–Crippen MR) is 120 cm³/mol. The summed E-state index contributed by atoms with van der Waals surface area (Å²) in [4.78, 5) is 17.1. The third-order valence-corrected chi connectivity index (χ3v) is 6.91. The highest BCUT2D eigenvalue weighted by atomic mass is 19.1. The second-order valence-electron chi connectivity index (χ2n) is 9.51. The van der Waals surface area contributed by atoms with Crippen LogP contribution in [0.4, 0.5) is 4.39 Å². The van der Waals surface area contributed by atoms with Gasteiger partial charge in [0.2, 0.25) is 5.91 Å². The van der Waals surface area contributed by atoms with Crippen LogP contribution in [0.3, 0.4) is 0 Å². The zero-order chi connectivity index (χ0) is 22.6. The topological polar surface area (TPSA) is 58.8 Å². The zero-order valence-electron chi connectivity index (χ0n) is 19.2. The van der Waals surface area contributed by atoms with Gasteiger partial charge in [-0.3, -0.25) is 9.69 Å². The first kappa shape index (κ1) is 22.8. The minimum absolute atomic E-state index is 0.116. The van der Waals surface area contributed by atoms with Crippen LogP contribution in [-0.2, 0) is 11.2 Å². The standard InChI is InChI=1S/C25H34FN3O3/c1-28(2)24(30)25(17-20-16-22(27-32-20)19-8-4-3-5-9-19)12-13-29(18-25)14-15-31-23-11-7-6-10-21(23)26/h6-7,10-11,16,19H,3-5,8-9,12-15,17-18H2,1-2H3. The van der Waals surface area contributed by atoms with E-state index in [9.17, 15) is 9.18 Å². The Kier molecular flexibility index (Phi) is 7.13. The summed E-state index contributed by atoms with van der Waals surface area (Å²) in [5.41, 5.74) is 0.505. The molecule has 1 aliphatic heterocycles. The molecule has 32 heavy (non-hydrogen) atoms. The first-order chi connectivity index (χ1) is 15.5. The lowest BCUT2D eigenvalue weighted by atomic mass is 9.80. The molecule has 1 aromatic heterocycles. The number of carbonyl (C=O) groups is 1. The molecule has 1 saturated carbocycles. The molecular formula is C25H34FN3O3. The van der Waals surface area contributed by atoms with Crippen LogP contribution in [0.1, 0.15) is 55.9 Å². The van der Waals surface area contributed by atoms with Crippen molar-refractivity contribution in [2.75, 3.05) is 40.3 Å². The number of carbonyl (C=O) groups excluding carboxylic acids is 1. The number of aromatic nitrogens is 1. The summed E-state index contributed by atoms with van der Waals surface area (Å²) in [6.07, 6.45) is 7.45. The molecule has 1 unspecified atom stereocenters. The van der Waals surface area contributed by atoms with E-state index in [1.807, 2.05) is 14.1 Å². The maximum absolute atomic E-state index is 13.8. The predicted octanol–water partition coefficient (Wildman–Crippen LogP) is 4.26. The number of likely N-dealkylation sites (tertiary alicyclic amines) is 1. The van der Waals surface area contributed by atoms with Gasteiger partial charge in [-0.05, 0) is 37.9 Å². The van der Waals surface area contributed by atoms with Crippen LogP contribution in [-0.4, -0.2) is 61.2 Å². The number of halogens is 1. The van der Waals surface area contributed by atoms with Crippen LogP contribution in [0.2, 0.25) is 0 Å². The lowest BCUT2D eigenvalue weighted by Gasteiger charge is -2.30. The molecule has 0 N–H and O–H groups in total. The molecule has 1 aliphatic carbocycles. The van der Waals surface area contributed by atoms with Gasteiger partial charge in [0, 0.05) is 45.6 Å². The molecule has 1 aromatic carbocycles. The summed E-state index contributed by atoms with van der Waals surface area (Å²) < 4.78 is 25.1. The highest BCUT2D eigenvalue weighted by molar-refractivity contribution is 5.83. The average molecular weight is 444 g/mol. The fourth-order valence-corrected chi connectivity index (χ4v) is 5.20. The van der Waals surface area contributed by atoms with Gasteiger partial charge in [-0.1, -0.05) is 36.6 Å². The molecule has 0 bridgehead atoms. The average Bonchev–Trinajstić information content (AvgIpc) is 3.43. The van der Waals surface area contributed by atoms with E-state index in [4.69, 9.17) is 9.26 Å². The van der Waals surface area contributed by atoms with E-state index in [1.165, 1.54) is 38.2 Å². The van der Waals surface area contributed by atoms with Gasteiger partial charge >= 0.3 is 0 Å². The Bertz CT molecular complexity index is 909. The minimum Gasteiger partial charge on any atom is -0.489 e. The van der Waals surface area contributed by atoms with Crippen molar-refractivity contribution < 1.29 is 18.4 Å². The maximum atomic E-state index is 13.8. The minimum atomic E-state index is -0.537. The van der Waals surface area contributed by atoms with Crippen molar-refractivity contribution in [3.8, 4) is 5.75 Å². The van der Waals surface area contributed by atoms with Crippen LogP contribution in [0.15, 0.2) is 34.9 Å². The number of hydrogen-bond acceptors (Lipinski definition) is 5. The number of para-hydroxylation sites is 1. The molecule has 2 aliphatic rings. The molecule has 174 valence electrons. The Morgan fingerprint density at radius 1 is 1.28 bits per heavy atom. The largest absolute Gasteiger partial charge is 0.489 e. The Hall–Kier alpha value is -2.41. The van der Waals surface area contributed by atoms with Gasteiger partial charge in [0.15, 0.2) is 11.6 Å². The van der Waals surface area contributed by atoms with Crippen molar-refractivity contribution in [3.05, 3.63) is 47.6 Å². The van der Waals surface area contributed by atoms with Crippen molar-refractivity contribution in [1.29, 1.82) is 0 Å². The second kappa shape index (κ2) is 10.0.